The third-order valence-corrected chi connectivity index (χ3v) is 2.72. The van der Waals surface area contributed by atoms with Gasteiger partial charge in [0, 0.05) is 11.1 Å². The van der Waals surface area contributed by atoms with Crippen molar-refractivity contribution in [3.8, 4) is 0 Å². The summed E-state index contributed by atoms with van der Waals surface area (Å²) in [6.07, 6.45) is 0. The molecule has 1 heterocycles. The number of amidine groups is 1. The Labute approximate surface area is 105 Å². The molecule has 0 unspecified atom stereocenters. The number of nitrogens with zero attached hydrogens (tertiary/aromatic N) is 2. The number of benzene rings is 1. The summed E-state index contributed by atoms with van der Waals surface area (Å²) in [6.45, 7) is 5.66. The van der Waals surface area contributed by atoms with Crippen LogP contribution in [0.1, 0.15) is 36.7 Å². The van der Waals surface area contributed by atoms with Crippen LogP contribution in [0.15, 0.2) is 23.4 Å². The molecule has 0 N–H and O–H groups in total. The number of rotatable bonds is 1. The van der Waals surface area contributed by atoms with E-state index in [0.717, 1.165) is 0 Å². The standard InChI is InChI=1S/C13H15FN2O2/c1-13(2,3)16-11(15-18-4)10-7-8(14)5-6-9(10)12(16)17/h5-7H,1-4H3/b15-11+. The van der Waals surface area contributed by atoms with Crippen LogP contribution in [0.2, 0.25) is 0 Å². The summed E-state index contributed by atoms with van der Waals surface area (Å²) in [5.41, 5.74) is 0.461. The van der Waals surface area contributed by atoms with Crippen molar-refractivity contribution in [2.45, 2.75) is 26.3 Å². The van der Waals surface area contributed by atoms with Gasteiger partial charge in [0.2, 0.25) is 0 Å². The lowest BCUT2D eigenvalue weighted by atomic mass is 10.1. The Morgan fingerprint density at radius 3 is 2.50 bits per heavy atom. The molecular formula is C13H15FN2O2. The molecule has 0 saturated carbocycles. The van der Waals surface area contributed by atoms with Crippen LogP contribution in [0.3, 0.4) is 0 Å². The molecule has 0 bridgehead atoms. The zero-order valence-electron chi connectivity index (χ0n) is 10.8. The molecule has 0 fully saturated rings. The molecule has 1 aromatic carbocycles. The highest BCUT2D eigenvalue weighted by Crippen LogP contribution is 2.30. The largest absolute Gasteiger partial charge is 0.397 e. The monoisotopic (exact) mass is 250 g/mol. The van der Waals surface area contributed by atoms with E-state index in [9.17, 15) is 9.18 Å². The Hall–Kier alpha value is -1.91. The number of hydrogen-bond acceptors (Lipinski definition) is 3. The lowest BCUT2D eigenvalue weighted by Gasteiger charge is -2.31. The van der Waals surface area contributed by atoms with Crippen LogP contribution in [-0.2, 0) is 4.84 Å². The molecule has 1 aromatic rings. The van der Waals surface area contributed by atoms with Crippen molar-refractivity contribution < 1.29 is 14.0 Å². The molecule has 0 aromatic heterocycles. The number of oxime groups is 1. The summed E-state index contributed by atoms with van der Waals surface area (Å²) in [5.74, 6) is -0.237. The number of carbonyl (C=O) groups excluding carboxylic acids is 1. The molecule has 0 radical (unpaired) electrons. The van der Waals surface area contributed by atoms with E-state index in [2.05, 4.69) is 5.16 Å². The van der Waals surface area contributed by atoms with Gasteiger partial charge in [-0.1, -0.05) is 5.16 Å². The fourth-order valence-corrected chi connectivity index (χ4v) is 2.02. The van der Waals surface area contributed by atoms with E-state index >= 15 is 0 Å². The summed E-state index contributed by atoms with van der Waals surface area (Å²) in [4.78, 5) is 18.6. The summed E-state index contributed by atoms with van der Waals surface area (Å²) >= 11 is 0. The predicted molar refractivity (Wildman–Crippen MR) is 65.9 cm³/mol. The molecule has 2 rings (SSSR count). The minimum atomic E-state index is -0.454. The maximum absolute atomic E-state index is 13.3. The molecule has 1 amide bonds. The van der Waals surface area contributed by atoms with E-state index in [1.807, 2.05) is 20.8 Å². The molecule has 1 aliphatic heterocycles. The average Bonchev–Trinajstić information content (AvgIpc) is 2.52. The Morgan fingerprint density at radius 2 is 1.94 bits per heavy atom. The second-order valence-electron chi connectivity index (χ2n) is 5.10. The second-order valence-corrected chi connectivity index (χ2v) is 5.10. The van der Waals surface area contributed by atoms with Gasteiger partial charge in [-0.2, -0.15) is 0 Å². The minimum Gasteiger partial charge on any atom is -0.397 e. The normalized spacial score (nSPS) is 17.3. The van der Waals surface area contributed by atoms with Gasteiger partial charge in [-0.25, -0.2) is 4.39 Å². The molecule has 5 heteroatoms. The van der Waals surface area contributed by atoms with Crippen LogP contribution < -0.4 is 0 Å². The number of carbonyl (C=O) groups is 1. The Balaban J connectivity index is 2.63. The number of halogens is 1. The average molecular weight is 250 g/mol. The number of amides is 1. The molecule has 96 valence electrons. The molecular weight excluding hydrogens is 235 g/mol. The highest BCUT2D eigenvalue weighted by atomic mass is 19.1. The van der Waals surface area contributed by atoms with E-state index in [0.29, 0.717) is 17.0 Å². The molecule has 0 saturated heterocycles. The topological polar surface area (TPSA) is 41.9 Å². The van der Waals surface area contributed by atoms with Crippen molar-refractivity contribution in [1.82, 2.24) is 4.90 Å². The van der Waals surface area contributed by atoms with Crippen molar-refractivity contribution >= 4 is 11.7 Å². The number of hydrogen-bond donors (Lipinski definition) is 0. The second kappa shape index (κ2) is 4.08. The first-order chi connectivity index (χ1) is 8.36. The molecule has 0 atom stereocenters. The van der Waals surface area contributed by atoms with E-state index in [4.69, 9.17) is 4.84 Å². The zero-order chi connectivity index (χ0) is 13.5. The molecule has 18 heavy (non-hydrogen) atoms. The van der Waals surface area contributed by atoms with E-state index in [-0.39, 0.29) is 5.91 Å². The first kappa shape index (κ1) is 12.5. The third kappa shape index (κ3) is 1.85. The smallest absolute Gasteiger partial charge is 0.260 e. The fraction of sp³-hybridized carbons (Fsp3) is 0.385. The van der Waals surface area contributed by atoms with Crippen LogP contribution in [-0.4, -0.2) is 29.3 Å². The quantitative estimate of drug-likeness (QED) is 0.718. The summed E-state index contributed by atoms with van der Waals surface area (Å²) in [5, 5.41) is 3.86. The van der Waals surface area contributed by atoms with Crippen molar-refractivity contribution in [2.24, 2.45) is 5.16 Å². The van der Waals surface area contributed by atoms with Crippen LogP contribution in [0, 0.1) is 5.82 Å². The first-order valence-electron chi connectivity index (χ1n) is 5.62. The third-order valence-electron chi connectivity index (χ3n) is 2.72. The van der Waals surface area contributed by atoms with E-state index in [1.54, 1.807) is 0 Å². The minimum absolute atomic E-state index is 0.187. The van der Waals surface area contributed by atoms with Gasteiger partial charge in [0.15, 0.2) is 5.84 Å². The van der Waals surface area contributed by atoms with Gasteiger partial charge in [0.05, 0.1) is 5.56 Å². The Kier molecular flexibility index (Phi) is 2.84. The highest BCUT2D eigenvalue weighted by Gasteiger charge is 2.41. The lowest BCUT2D eigenvalue weighted by molar-refractivity contribution is 0.0756. The van der Waals surface area contributed by atoms with Gasteiger partial charge in [0.1, 0.15) is 12.9 Å². The van der Waals surface area contributed by atoms with Gasteiger partial charge < -0.3 is 4.84 Å². The first-order valence-corrected chi connectivity index (χ1v) is 5.62. The van der Waals surface area contributed by atoms with Gasteiger partial charge in [-0.15, -0.1) is 0 Å². The summed E-state index contributed by atoms with van der Waals surface area (Å²) in [6, 6.07) is 4.05. The molecule has 4 nitrogen and oxygen atoms in total. The van der Waals surface area contributed by atoms with Gasteiger partial charge in [-0.05, 0) is 39.0 Å². The van der Waals surface area contributed by atoms with Crippen molar-refractivity contribution in [1.29, 1.82) is 0 Å². The SMILES string of the molecule is CO/N=C1\c2cc(F)ccc2C(=O)N1C(C)(C)C. The Bertz CT molecular complexity index is 532. The van der Waals surface area contributed by atoms with Crippen LogP contribution >= 0.6 is 0 Å². The van der Waals surface area contributed by atoms with Crippen LogP contribution in [0.25, 0.3) is 0 Å². The van der Waals surface area contributed by atoms with E-state index < -0.39 is 11.4 Å². The van der Waals surface area contributed by atoms with E-state index in [1.165, 1.54) is 30.2 Å². The fourth-order valence-electron chi connectivity index (χ4n) is 2.02. The summed E-state index contributed by atoms with van der Waals surface area (Å²) < 4.78 is 13.3. The van der Waals surface area contributed by atoms with Gasteiger partial charge >= 0.3 is 0 Å². The lowest BCUT2D eigenvalue weighted by Crippen LogP contribution is -2.45. The maximum atomic E-state index is 13.3. The highest BCUT2D eigenvalue weighted by molar-refractivity contribution is 6.23. The molecule has 1 aliphatic rings. The van der Waals surface area contributed by atoms with Gasteiger partial charge in [-0.3, -0.25) is 9.69 Å². The summed E-state index contributed by atoms with van der Waals surface area (Å²) in [7, 11) is 1.40. The van der Waals surface area contributed by atoms with Crippen LogP contribution in [0.5, 0.6) is 0 Å². The molecule has 0 spiro atoms. The zero-order valence-corrected chi connectivity index (χ0v) is 10.8. The van der Waals surface area contributed by atoms with Crippen molar-refractivity contribution in [3.63, 3.8) is 0 Å². The van der Waals surface area contributed by atoms with Crippen LogP contribution in [0.4, 0.5) is 4.39 Å². The maximum Gasteiger partial charge on any atom is 0.260 e. The number of fused-ring (bicyclic) bond motifs is 1. The molecule has 0 aliphatic carbocycles. The van der Waals surface area contributed by atoms with Crippen molar-refractivity contribution in [3.05, 3.63) is 35.1 Å². The Morgan fingerprint density at radius 1 is 1.28 bits per heavy atom. The predicted octanol–water partition coefficient (Wildman–Crippen LogP) is 2.39. The van der Waals surface area contributed by atoms with Gasteiger partial charge in [0.25, 0.3) is 5.91 Å². The van der Waals surface area contributed by atoms with Crippen molar-refractivity contribution in [2.75, 3.05) is 7.11 Å².